The summed E-state index contributed by atoms with van der Waals surface area (Å²) in [7, 11) is -2.90. The zero-order chi connectivity index (χ0) is 25.7. The Bertz CT molecular complexity index is 1550. The van der Waals surface area contributed by atoms with Crippen molar-refractivity contribution in [2.24, 2.45) is 0 Å². The van der Waals surface area contributed by atoms with E-state index in [1.165, 1.54) is 25.3 Å². The van der Waals surface area contributed by atoms with Crippen molar-refractivity contribution in [2.75, 3.05) is 18.0 Å². The Hall–Kier alpha value is -4.23. The first-order valence-electron chi connectivity index (χ1n) is 11.3. The van der Waals surface area contributed by atoms with Gasteiger partial charge in [-0.2, -0.15) is 0 Å². The quantitative estimate of drug-likeness (QED) is 0.184. The van der Waals surface area contributed by atoms with E-state index in [0.29, 0.717) is 6.29 Å². The highest BCUT2D eigenvalue weighted by Crippen LogP contribution is 2.29. The van der Waals surface area contributed by atoms with Crippen LogP contribution in [0.3, 0.4) is 0 Å². The van der Waals surface area contributed by atoms with Gasteiger partial charge in [-0.3, -0.25) is 9.10 Å². The topological polar surface area (TPSA) is 80.8 Å². The smallest absolute Gasteiger partial charge is 0.335 e. The van der Waals surface area contributed by atoms with E-state index in [9.17, 15) is 18.0 Å². The van der Waals surface area contributed by atoms with E-state index in [1.54, 1.807) is 36.4 Å². The molecule has 0 N–H and O–H groups in total. The van der Waals surface area contributed by atoms with Gasteiger partial charge in [-0.1, -0.05) is 72.3 Å². The summed E-state index contributed by atoms with van der Waals surface area (Å²) in [6.45, 7) is 1.52. The van der Waals surface area contributed by atoms with Crippen LogP contribution in [0, 0.1) is 6.92 Å². The number of ether oxygens (including phenoxy) is 1. The Morgan fingerprint density at radius 1 is 0.861 bits per heavy atom. The molecule has 0 amide bonds. The molecule has 0 unspecified atom stereocenters. The fraction of sp³-hybridized carbons (Fsp3) is 0.103. The van der Waals surface area contributed by atoms with Gasteiger partial charge in [-0.25, -0.2) is 13.2 Å². The van der Waals surface area contributed by atoms with Gasteiger partial charge in [0.15, 0.2) is 6.29 Å². The SMILES string of the molecule is COC(=O)C(=Cc1cccc2ccccc12)CN(c1ccccc1C=O)S(=O)(=O)c1ccc(C)cc1. The molecule has 0 fully saturated rings. The predicted molar refractivity (Wildman–Crippen MR) is 141 cm³/mol. The highest BCUT2D eigenvalue weighted by molar-refractivity contribution is 7.92. The standard InChI is InChI=1S/C29H25NO5S/c1-21-14-16-26(17-15-21)36(33,34)30(28-13-6-4-9-24(28)20-31)19-25(29(32)35-2)18-23-11-7-10-22-8-3-5-12-27(22)23/h3-18,20H,19H2,1-2H3. The predicted octanol–water partition coefficient (Wildman–Crippen LogP) is 5.41. The van der Waals surface area contributed by atoms with Gasteiger partial charge in [0.1, 0.15) is 0 Å². The number of benzene rings is 4. The number of para-hydroxylation sites is 1. The molecule has 0 aliphatic carbocycles. The van der Waals surface area contributed by atoms with Crippen LogP contribution in [-0.4, -0.2) is 34.3 Å². The first-order chi connectivity index (χ1) is 17.3. The number of carbonyl (C=O) groups is 2. The van der Waals surface area contributed by atoms with E-state index >= 15 is 0 Å². The molecule has 4 aromatic rings. The normalized spacial score (nSPS) is 11.8. The van der Waals surface area contributed by atoms with Crippen LogP contribution in [0.1, 0.15) is 21.5 Å². The molecule has 4 aromatic carbocycles. The lowest BCUT2D eigenvalue weighted by Crippen LogP contribution is -2.35. The van der Waals surface area contributed by atoms with E-state index in [2.05, 4.69) is 0 Å². The Morgan fingerprint density at radius 2 is 1.50 bits per heavy atom. The summed E-state index contributed by atoms with van der Waals surface area (Å²) < 4.78 is 33.8. The molecule has 0 saturated carbocycles. The highest BCUT2D eigenvalue weighted by atomic mass is 32.2. The number of nitrogens with zero attached hydrogens (tertiary/aromatic N) is 1. The molecule has 0 aliphatic heterocycles. The van der Waals surface area contributed by atoms with E-state index in [-0.39, 0.29) is 28.3 Å². The monoisotopic (exact) mass is 499 g/mol. The third-order valence-corrected chi connectivity index (χ3v) is 7.63. The van der Waals surface area contributed by atoms with Crippen LogP contribution in [0.5, 0.6) is 0 Å². The summed E-state index contributed by atoms with van der Waals surface area (Å²) >= 11 is 0. The second-order valence-corrected chi connectivity index (χ2v) is 10.1. The molecule has 0 atom stereocenters. The molecule has 0 spiro atoms. The Morgan fingerprint density at radius 3 is 2.22 bits per heavy atom. The van der Waals surface area contributed by atoms with Crippen molar-refractivity contribution in [3.05, 3.63) is 113 Å². The average Bonchev–Trinajstić information content (AvgIpc) is 2.90. The van der Waals surface area contributed by atoms with Gasteiger partial charge in [-0.05, 0) is 53.6 Å². The van der Waals surface area contributed by atoms with Gasteiger partial charge in [0.25, 0.3) is 10.0 Å². The first-order valence-corrected chi connectivity index (χ1v) is 12.7. The molecule has 0 aliphatic rings. The zero-order valence-corrected chi connectivity index (χ0v) is 20.7. The minimum Gasteiger partial charge on any atom is -0.466 e. The second-order valence-electron chi connectivity index (χ2n) is 8.23. The average molecular weight is 500 g/mol. The number of anilines is 1. The lowest BCUT2D eigenvalue weighted by molar-refractivity contribution is -0.136. The summed E-state index contributed by atoms with van der Waals surface area (Å²) in [6, 6.07) is 26.2. The van der Waals surface area contributed by atoms with Crippen molar-refractivity contribution < 1.29 is 22.7 Å². The van der Waals surface area contributed by atoms with Crippen LogP contribution in [-0.2, 0) is 19.6 Å². The lowest BCUT2D eigenvalue weighted by atomic mass is 10.0. The van der Waals surface area contributed by atoms with Gasteiger partial charge >= 0.3 is 5.97 Å². The number of fused-ring (bicyclic) bond motifs is 1. The van der Waals surface area contributed by atoms with E-state index in [4.69, 9.17) is 4.74 Å². The zero-order valence-electron chi connectivity index (χ0n) is 19.9. The van der Waals surface area contributed by atoms with Crippen molar-refractivity contribution >= 4 is 44.8 Å². The summed E-state index contributed by atoms with van der Waals surface area (Å²) in [4.78, 5) is 24.8. The Labute approximate surface area is 210 Å². The summed E-state index contributed by atoms with van der Waals surface area (Å²) in [5, 5.41) is 1.88. The third kappa shape index (κ3) is 5.06. The van der Waals surface area contributed by atoms with Crippen LogP contribution in [0.2, 0.25) is 0 Å². The first kappa shape index (κ1) is 24.9. The number of sulfonamides is 1. The minimum atomic E-state index is -4.15. The largest absolute Gasteiger partial charge is 0.466 e. The third-order valence-electron chi connectivity index (χ3n) is 5.86. The highest BCUT2D eigenvalue weighted by Gasteiger charge is 2.29. The maximum absolute atomic E-state index is 13.9. The Balaban J connectivity index is 1.90. The minimum absolute atomic E-state index is 0.0446. The van der Waals surface area contributed by atoms with E-state index < -0.39 is 16.0 Å². The number of carbonyl (C=O) groups excluding carboxylic acids is 2. The molecule has 0 saturated heterocycles. The number of aldehydes is 1. The fourth-order valence-electron chi connectivity index (χ4n) is 3.97. The number of hydrogen-bond acceptors (Lipinski definition) is 5. The molecule has 0 bridgehead atoms. The Kier molecular flexibility index (Phi) is 7.31. The van der Waals surface area contributed by atoms with E-state index in [1.807, 2.05) is 49.4 Å². The van der Waals surface area contributed by atoms with Crippen LogP contribution >= 0.6 is 0 Å². The number of hydrogen-bond donors (Lipinski definition) is 0. The fourth-order valence-corrected chi connectivity index (χ4v) is 5.44. The van der Waals surface area contributed by atoms with Crippen LogP contribution < -0.4 is 4.31 Å². The molecule has 4 rings (SSSR count). The molecular formula is C29H25NO5S. The van der Waals surface area contributed by atoms with E-state index in [0.717, 1.165) is 26.2 Å². The number of methoxy groups -OCH3 is 1. The molecule has 0 heterocycles. The van der Waals surface area contributed by atoms with Crippen molar-refractivity contribution in [1.82, 2.24) is 0 Å². The number of aryl methyl sites for hydroxylation is 1. The summed E-state index contributed by atoms with van der Waals surface area (Å²) in [5.74, 6) is -0.671. The maximum Gasteiger partial charge on any atom is 0.335 e. The molecular weight excluding hydrogens is 474 g/mol. The van der Waals surface area contributed by atoms with Crippen molar-refractivity contribution in [3.63, 3.8) is 0 Å². The number of rotatable bonds is 8. The summed E-state index contributed by atoms with van der Waals surface area (Å²) in [5.41, 5.74) is 2.11. The van der Waals surface area contributed by atoms with Crippen LogP contribution in [0.15, 0.2) is 101 Å². The molecule has 7 heteroatoms. The second kappa shape index (κ2) is 10.6. The number of esters is 1. The molecule has 6 nitrogen and oxygen atoms in total. The van der Waals surface area contributed by atoms with Gasteiger partial charge in [0.2, 0.25) is 0 Å². The van der Waals surface area contributed by atoms with Crippen LogP contribution in [0.25, 0.3) is 16.8 Å². The maximum atomic E-state index is 13.9. The van der Waals surface area contributed by atoms with Gasteiger partial charge in [-0.15, -0.1) is 0 Å². The molecule has 0 radical (unpaired) electrons. The van der Waals surface area contributed by atoms with Gasteiger partial charge in [0.05, 0.1) is 29.8 Å². The van der Waals surface area contributed by atoms with Gasteiger partial charge < -0.3 is 4.74 Å². The van der Waals surface area contributed by atoms with Crippen molar-refractivity contribution in [2.45, 2.75) is 11.8 Å². The van der Waals surface area contributed by atoms with Crippen molar-refractivity contribution in [1.29, 1.82) is 0 Å². The summed E-state index contributed by atoms with van der Waals surface area (Å²) in [6.07, 6.45) is 2.23. The van der Waals surface area contributed by atoms with Gasteiger partial charge in [0, 0.05) is 5.56 Å². The van der Waals surface area contributed by atoms with Crippen molar-refractivity contribution in [3.8, 4) is 0 Å². The molecule has 36 heavy (non-hydrogen) atoms. The van der Waals surface area contributed by atoms with Crippen LogP contribution in [0.4, 0.5) is 5.69 Å². The molecule has 0 aromatic heterocycles. The molecule has 182 valence electrons. The lowest BCUT2D eigenvalue weighted by Gasteiger charge is -2.26.